The Kier molecular flexibility index (Phi) is 5.46. The van der Waals surface area contributed by atoms with Gasteiger partial charge in [-0.3, -0.25) is 4.18 Å². The first-order chi connectivity index (χ1) is 13.9. The van der Waals surface area contributed by atoms with E-state index < -0.39 is 20.6 Å². The third-order valence-corrected chi connectivity index (χ3v) is 8.57. The fraction of sp³-hybridized carbons (Fsp3) is 0.700. The first-order valence-corrected chi connectivity index (χ1v) is 13.4. The van der Waals surface area contributed by atoms with Crippen LogP contribution in [0.3, 0.4) is 0 Å². The molecule has 8 nitrogen and oxygen atoms in total. The lowest BCUT2D eigenvalue weighted by Crippen LogP contribution is -2.45. The smallest absolute Gasteiger partial charge is 0.371 e. The molecular weight excluding hydrogens is 428 g/mol. The van der Waals surface area contributed by atoms with E-state index in [2.05, 4.69) is 13.0 Å². The SMILES string of the molecule is CCc1cc2c(cc1OS(N)(=O)=O)CC[C@@H]1[C@@H]2CC[C@]2(C)[C@@H](OS(N)(=O)=O)CC[C@@H]12. The molecule has 30 heavy (non-hydrogen) atoms. The minimum atomic E-state index is -4.07. The lowest BCUT2D eigenvalue weighted by Gasteiger charge is -2.50. The van der Waals surface area contributed by atoms with Crippen molar-refractivity contribution >= 4 is 20.6 Å². The van der Waals surface area contributed by atoms with E-state index in [9.17, 15) is 16.8 Å². The van der Waals surface area contributed by atoms with Gasteiger partial charge in [0.25, 0.3) is 0 Å². The molecule has 0 heterocycles. The van der Waals surface area contributed by atoms with Gasteiger partial charge >= 0.3 is 20.6 Å². The van der Waals surface area contributed by atoms with Crippen molar-refractivity contribution in [1.82, 2.24) is 0 Å². The fourth-order valence-electron chi connectivity index (χ4n) is 6.40. The van der Waals surface area contributed by atoms with Crippen LogP contribution in [0.25, 0.3) is 0 Å². The van der Waals surface area contributed by atoms with E-state index >= 15 is 0 Å². The van der Waals surface area contributed by atoms with Gasteiger partial charge in [0.15, 0.2) is 0 Å². The van der Waals surface area contributed by atoms with E-state index in [1.807, 2.05) is 13.0 Å². The maximum atomic E-state index is 11.5. The van der Waals surface area contributed by atoms with Gasteiger partial charge in [-0.2, -0.15) is 22.0 Å². The minimum absolute atomic E-state index is 0.199. The van der Waals surface area contributed by atoms with Crippen LogP contribution in [-0.4, -0.2) is 22.9 Å². The molecule has 3 aliphatic carbocycles. The second-order valence-electron chi connectivity index (χ2n) is 9.20. The van der Waals surface area contributed by atoms with Crippen molar-refractivity contribution < 1.29 is 25.2 Å². The maximum absolute atomic E-state index is 11.5. The van der Waals surface area contributed by atoms with Crippen molar-refractivity contribution in [3.8, 4) is 5.75 Å². The molecule has 0 bridgehead atoms. The van der Waals surface area contributed by atoms with E-state index in [0.717, 1.165) is 43.2 Å². The van der Waals surface area contributed by atoms with Crippen LogP contribution in [0.1, 0.15) is 68.6 Å². The molecule has 4 rings (SSSR count). The standard InChI is InChI=1S/C20H30N2O6S2/c1-3-12-10-16-13(11-18(12)27-29(21,23)24)4-5-15-14(16)8-9-20(2)17(15)6-7-19(20)28-30(22,25)26/h10-11,14-15,17,19H,3-9H2,1-2H3,(H2,21,23,24)(H2,22,25,26)/t14-,15+,17-,19-,20-/m0/s1. The summed E-state index contributed by atoms with van der Waals surface area (Å²) in [5, 5.41) is 10.3. The average Bonchev–Trinajstić information content (AvgIpc) is 2.94. The van der Waals surface area contributed by atoms with Crippen molar-refractivity contribution in [2.24, 2.45) is 27.5 Å². The van der Waals surface area contributed by atoms with Gasteiger partial charge in [0, 0.05) is 0 Å². The minimum Gasteiger partial charge on any atom is -0.371 e. The summed E-state index contributed by atoms with van der Waals surface area (Å²) in [5.74, 6) is 1.51. The molecule has 1 aromatic carbocycles. The molecule has 3 aliphatic rings. The maximum Gasteiger partial charge on any atom is 0.380 e. The van der Waals surface area contributed by atoms with Crippen molar-refractivity contribution in [1.29, 1.82) is 0 Å². The van der Waals surface area contributed by atoms with E-state index in [0.29, 0.717) is 36.3 Å². The van der Waals surface area contributed by atoms with Crippen molar-refractivity contribution in [2.45, 2.75) is 70.8 Å². The molecule has 0 spiro atoms. The predicted molar refractivity (Wildman–Crippen MR) is 112 cm³/mol. The van der Waals surface area contributed by atoms with Gasteiger partial charge in [-0.15, -0.1) is 0 Å². The molecule has 2 fully saturated rings. The average molecular weight is 459 g/mol. The number of fused-ring (bicyclic) bond motifs is 5. The summed E-state index contributed by atoms with van der Waals surface area (Å²) in [7, 11) is -8.05. The van der Waals surface area contributed by atoms with Crippen LogP contribution in [0.2, 0.25) is 0 Å². The number of benzene rings is 1. The van der Waals surface area contributed by atoms with Crippen molar-refractivity contribution in [2.75, 3.05) is 0 Å². The van der Waals surface area contributed by atoms with Gasteiger partial charge in [-0.05, 0) is 90.9 Å². The highest BCUT2D eigenvalue weighted by molar-refractivity contribution is 7.84. The molecule has 0 amide bonds. The van der Waals surface area contributed by atoms with Crippen LogP contribution >= 0.6 is 0 Å². The monoisotopic (exact) mass is 458 g/mol. The molecule has 0 radical (unpaired) electrons. The van der Waals surface area contributed by atoms with E-state index in [4.69, 9.17) is 18.6 Å². The lowest BCUT2D eigenvalue weighted by atomic mass is 9.55. The number of hydrogen-bond donors (Lipinski definition) is 2. The first kappa shape index (κ1) is 22.0. The van der Waals surface area contributed by atoms with Gasteiger partial charge in [-0.1, -0.05) is 19.9 Å². The van der Waals surface area contributed by atoms with Crippen LogP contribution in [-0.2, 0) is 37.6 Å². The first-order valence-electron chi connectivity index (χ1n) is 10.5. The Labute approximate surface area is 178 Å². The molecule has 1 aromatic rings. The topological polar surface area (TPSA) is 139 Å². The highest BCUT2D eigenvalue weighted by Gasteiger charge is 2.56. The van der Waals surface area contributed by atoms with Gasteiger partial charge in [0.2, 0.25) is 0 Å². The number of aryl methyl sites for hydroxylation is 2. The van der Waals surface area contributed by atoms with Crippen molar-refractivity contribution in [3.63, 3.8) is 0 Å². The van der Waals surface area contributed by atoms with Gasteiger partial charge in [-0.25, -0.2) is 5.14 Å². The molecule has 0 aromatic heterocycles. The van der Waals surface area contributed by atoms with Gasteiger partial charge in [0.1, 0.15) is 5.75 Å². The molecule has 10 heteroatoms. The third-order valence-electron chi connectivity index (χ3n) is 7.66. The zero-order chi connectivity index (χ0) is 21.9. The summed E-state index contributed by atoms with van der Waals surface area (Å²) in [6.07, 6.45) is 5.52. The Morgan fingerprint density at radius 3 is 2.43 bits per heavy atom. The van der Waals surface area contributed by atoms with Crippen LogP contribution < -0.4 is 14.5 Å². The Morgan fingerprint density at radius 2 is 1.80 bits per heavy atom. The molecule has 0 aliphatic heterocycles. The van der Waals surface area contributed by atoms with Crippen LogP contribution in [0.5, 0.6) is 5.75 Å². The van der Waals surface area contributed by atoms with Gasteiger partial charge in [0.05, 0.1) is 6.10 Å². The third kappa shape index (κ3) is 4.00. The summed E-state index contributed by atoms with van der Waals surface area (Å²) in [6.45, 7) is 4.11. The highest BCUT2D eigenvalue weighted by atomic mass is 32.2. The van der Waals surface area contributed by atoms with Crippen LogP contribution in [0.4, 0.5) is 0 Å². The molecule has 0 unspecified atom stereocenters. The largest absolute Gasteiger partial charge is 0.380 e. The molecule has 2 saturated carbocycles. The summed E-state index contributed by atoms with van der Waals surface area (Å²) in [6, 6.07) is 3.92. The second-order valence-corrected chi connectivity index (χ2v) is 11.5. The predicted octanol–water partition coefficient (Wildman–Crippen LogP) is 2.28. The Balaban J connectivity index is 1.65. The second kappa shape index (κ2) is 7.44. The Hall–Kier alpha value is -1.20. The highest BCUT2D eigenvalue weighted by Crippen LogP contribution is 2.61. The van der Waals surface area contributed by atoms with E-state index in [-0.39, 0.29) is 11.5 Å². The molecule has 4 N–H and O–H groups in total. The zero-order valence-electron chi connectivity index (χ0n) is 17.3. The summed E-state index contributed by atoms with van der Waals surface area (Å²) >= 11 is 0. The molecule has 0 saturated heterocycles. The summed E-state index contributed by atoms with van der Waals surface area (Å²) < 4.78 is 56.3. The fourth-order valence-corrected chi connectivity index (χ4v) is 7.44. The number of nitrogens with two attached hydrogens (primary N) is 2. The number of hydrogen-bond acceptors (Lipinski definition) is 6. The van der Waals surface area contributed by atoms with Gasteiger partial charge < -0.3 is 4.18 Å². The molecule has 5 atom stereocenters. The quantitative estimate of drug-likeness (QED) is 0.694. The van der Waals surface area contributed by atoms with Crippen molar-refractivity contribution in [3.05, 3.63) is 28.8 Å². The van der Waals surface area contributed by atoms with E-state index in [1.54, 1.807) is 0 Å². The normalized spacial score (nSPS) is 33.5. The molecular formula is C20H30N2O6S2. The van der Waals surface area contributed by atoms with Crippen LogP contribution in [0.15, 0.2) is 12.1 Å². The number of rotatable bonds is 5. The Morgan fingerprint density at radius 1 is 1.07 bits per heavy atom. The lowest BCUT2D eigenvalue weighted by molar-refractivity contribution is -0.00803. The molecule has 168 valence electrons. The summed E-state index contributed by atoms with van der Waals surface area (Å²) in [4.78, 5) is 0. The Bertz CT molecular complexity index is 1060. The summed E-state index contributed by atoms with van der Waals surface area (Å²) in [5.41, 5.74) is 3.02. The van der Waals surface area contributed by atoms with Crippen LogP contribution in [0, 0.1) is 17.3 Å². The van der Waals surface area contributed by atoms with E-state index in [1.165, 1.54) is 5.56 Å². The zero-order valence-corrected chi connectivity index (χ0v) is 19.0.